The molecule has 3 aromatic rings. The fraction of sp³-hybridized carbons (Fsp3) is 0.200. The number of halogens is 3. The summed E-state index contributed by atoms with van der Waals surface area (Å²) in [6.45, 7) is 3.05. The Balaban J connectivity index is 1.80. The smallest absolute Gasteiger partial charge is 0.325 e. The zero-order valence-corrected chi connectivity index (χ0v) is 17.7. The van der Waals surface area contributed by atoms with Crippen LogP contribution in [0.25, 0.3) is 0 Å². The minimum absolute atomic E-state index is 0.0296. The van der Waals surface area contributed by atoms with Crippen molar-refractivity contribution in [2.24, 2.45) is 0 Å². The van der Waals surface area contributed by atoms with Crippen molar-refractivity contribution < 1.29 is 26.4 Å². The van der Waals surface area contributed by atoms with Crippen LogP contribution in [0.4, 0.5) is 30.5 Å². The van der Waals surface area contributed by atoms with Crippen molar-refractivity contribution in [2.45, 2.75) is 30.2 Å². The van der Waals surface area contributed by atoms with Crippen LogP contribution in [0.2, 0.25) is 0 Å². The predicted molar refractivity (Wildman–Crippen MR) is 111 cm³/mol. The lowest BCUT2D eigenvalue weighted by Crippen LogP contribution is -2.19. The van der Waals surface area contributed by atoms with Crippen LogP contribution in [0.15, 0.2) is 60.0 Å². The lowest BCUT2D eigenvalue weighted by atomic mass is 10.2. The predicted octanol–water partition coefficient (Wildman–Crippen LogP) is 4.07. The third-order valence-corrected chi connectivity index (χ3v) is 6.54. The summed E-state index contributed by atoms with van der Waals surface area (Å²) < 4.78 is 63.0. The first-order valence-corrected chi connectivity index (χ1v) is 10.8. The minimum atomic E-state index is -4.50. The fourth-order valence-electron chi connectivity index (χ4n) is 2.58. The number of carbonyl (C=O) groups excluding carboxylic acids is 1. The lowest BCUT2D eigenvalue weighted by molar-refractivity contribution is -0.137. The summed E-state index contributed by atoms with van der Waals surface area (Å²) in [5.41, 5.74) is -0.735. The molecule has 0 aliphatic carbocycles. The highest BCUT2D eigenvalue weighted by molar-refractivity contribution is 7.92. The van der Waals surface area contributed by atoms with E-state index in [2.05, 4.69) is 25.6 Å². The summed E-state index contributed by atoms with van der Waals surface area (Å²) in [5, 5.41) is 4.54. The fourth-order valence-corrected chi connectivity index (χ4v) is 3.75. The summed E-state index contributed by atoms with van der Waals surface area (Å²) in [6, 6.07) is 6.05. The zero-order valence-electron chi connectivity index (χ0n) is 16.9. The van der Waals surface area contributed by atoms with Gasteiger partial charge in [-0.25, -0.2) is 18.4 Å². The van der Waals surface area contributed by atoms with Gasteiger partial charge >= 0.3 is 6.18 Å². The lowest BCUT2D eigenvalue weighted by Gasteiger charge is -2.13. The number of aromatic nitrogens is 3. The summed E-state index contributed by atoms with van der Waals surface area (Å²) in [4.78, 5) is 24.2. The molecule has 0 fully saturated rings. The van der Waals surface area contributed by atoms with Crippen molar-refractivity contribution in [2.75, 3.05) is 10.6 Å². The monoisotopic (exact) mass is 465 g/mol. The molecule has 0 aromatic carbocycles. The van der Waals surface area contributed by atoms with Gasteiger partial charge < -0.3 is 10.6 Å². The Kier molecular flexibility index (Phi) is 6.44. The molecule has 3 aromatic heterocycles. The van der Waals surface area contributed by atoms with Crippen LogP contribution in [0.1, 0.15) is 29.8 Å². The van der Waals surface area contributed by atoms with Crippen molar-refractivity contribution in [3.8, 4) is 0 Å². The first-order valence-electron chi connectivity index (χ1n) is 9.24. The van der Waals surface area contributed by atoms with Gasteiger partial charge in [-0.2, -0.15) is 13.2 Å². The van der Waals surface area contributed by atoms with Gasteiger partial charge in [0.1, 0.15) is 11.6 Å². The maximum Gasteiger partial charge on any atom is 0.417 e. The van der Waals surface area contributed by atoms with Crippen LogP contribution in [-0.2, 0) is 16.0 Å². The highest BCUT2D eigenvalue weighted by atomic mass is 32.2. The topological polar surface area (TPSA) is 114 Å². The SMILES string of the molecule is CC(C)S(=O)(=O)c1ccncc1NC(=O)c1ccnc(Nc2ccc(C(F)(F)F)cn2)c1. The van der Waals surface area contributed by atoms with Crippen molar-refractivity contribution in [3.63, 3.8) is 0 Å². The Hall–Kier alpha value is -3.54. The Morgan fingerprint density at radius 2 is 1.75 bits per heavy atom. The van der Waals surface area contributed by atoms with Crippen molar-refractivity contribution in [3.05, 3.63) is 66.2 Å². The molecule has 0 saturated carbocycles. The number of nitrogens with one attached hydrogen (secondary N) is 2. The number of hydrogen-bond acceptors (Lipinski definition) is 7. The number of rotatable bonds is 6. The van der Waals surface area contributed by atoms with Crippen molar-refractivity contribution in [1.82, 2.24) is 15.0 Å². The van der Waals surface area contributed by atoms with Crippen LogP contribution in [0.5, 0.6) is 0 Å². The van der Waals surface area contributed by atoms with Crippen LogP contribution in [0.3, 0.4) is 0 Å². The van der Waals surface area contributed by atoms with Gasteiger partial charge in [0.05, 0.1) is 27.6 Å². The van der Waals surface area contributed by atoms with Gasteiger partial charge in [0.25, 0.3) is 5.91 Å². The first kappa shape index (κ1) is 23.1. The maximum atomic E-state index is 12.7. The molecule has 8 nitrogen and oxygen atoms in total. The maximum absolute atomic E-state index is 12.7. The molecule has 168 valence electrons. The summed E-state index contributed by atoms with van der Waals surface area (Å²) in [6.07, 6.45) is 0.0421. The van der Waals surface area contributed by atoms with E-state index in [1.165, 1.54) is 50.6 Å². The van der Waals surface area contributed by atoms with Gasteiger partial charge in [-0.1, -0.05) is 0 Å². The van der Waals surface area contributed by atoms with E-state index in [1.54, 1.807) is 0 Å². The molecule has 0 atom stereocenters. The van der Waals surface area contributed by atoms with Crippen molar-refractivity contribution in [1.29, 1.82) is 0 Å². The van der Waals surface area contributed by atoms with E-state index < -0.39 is 32.7 Å². The molecule has 0 saturated heterocycles. The van der Waals surface area contributed by atoms with Crippen LogP contribution < -0.4 is 10.6 Å². The minimum Gasteiger partial charge on any atom is -0.325 e. The Labute approximate surface area is 181 Å². The largest absolute Gasteiger partial charge is 0.417 e. The molecule has 1 amide bonds. The van der Waals surface area contributed by atoms with Gasteiger partial charge in [0, 0.05) is 24.2 Å². The van der Waals surface area contributed by atoms with Gasteiger partial charge in [-0.05, 0) is 44.2 Å². The quantitative estimate of drug-likeness (QED) is 0.564. The molecule has 0 aliphatic heterocycles. The van der Waals surface area contributed by atoms with E-state index in [0.29, 0.717) is 6.20 Å². The molecule has 0 unspecified atom stereocenters. The molecule has 3 rings (SSSR count). The number of nitrogens with zero attached hydrogens (tertiary/aromatic N) is 3. The molecule has 0 bridgehead atoms. The second kappa shape index (κ2) is 8.91. The number of pyridine rings is 3. The molecule has 12 heteroatoms. The number of amides is 1. The highest BCUT2D eigenvalue weighted by Gasteiger charge is 2.30. The van der Waals surface area contributed by atoms with Gasteiger partial charge in [0.15, 0.2) is 9.84 Å². The van der Waals surface area contributed by atoms with E-state index in [4.69, 9.17) is 0 Å². The highest BCUT2D eigenvalue weighted by Crippen LogP contribution is 2.29. The molecular weight excluding hydrogens is 447 g/mol. The second-order valence-electron chi connectivity index (χ2n) is 6.90. The Morgan fingerprint density at radius 3 is 2.38 bits per heavy atom. The van der Waals surface area contributed by atoms with E-state index in [-0.39, 0.29) is 27.8 Å². The van der Waals surface area contributed by atoms with Gasteiger partial charge in [-0.3, -0.25) is 9.78 Å². The molecule has 3 heterocycles. The molecule has 0 radical (unpaired) electrons. The summed E-state index contributed by atoms with van der Waals surface area (Å²) in [5.74, 6) is -0.365. The summed E-state index contributed by atoms with van der Waals surface area (Å²) >= 11 is 0. The zero-order chi connectivity index (χ0) is 23.5. The number of anilines is 3. The van der Waals surface area contributed by atoms with E-state index >= 15 is 0 Å². The third kappa shape index (κ3) is 5.19. The van der Waals surface area contributed by atoms with E-state index in [9.17, 15) is 26.4 Å². The first-order chi connectivity index (χ1) is 15.0. The number of carbonyl (C=O) groups is 1. The molecule has 32 heavy (non-hydrogen) atoms. The van der Waals surface area contributed by atoms with E-state index in [1.807, 2.05) is 0 Å². The van der Waals surface area contributed by atoms with Gasteiger partial charge in [-0.15, -0.1) is 0 Å². The molecule has 0 aliphatic rings. The molecule has 2 N–H and O–H groups in total. The Bertz CT molecular complexity index is 1230. The number of alkyl halides is 3. The number of hydrogen-bond donors (Lipinski definition) is 2. The van der Waals surface area contributed by atoms with Crippen molar-refractivity contribution >= 4 is 33.1 Å². The van der Waals surface area contributed by atoms with Crippen LogP contribution in [0, 0.1) is 0 Å². The van der Waals surface area contributed by atoms with Gasteiger partial charge in [0.2, 0.25) is 0 Å². The molecular formula is C20H18F3N5O3S. The Morgan fingerprint density at radius 1 is 1.00 bits per heavy atom. The average Bonchev–Trinajstić information content (AvgIpc) is 2.74. The average molecular weight is 465 g/mol. The van der Waals surface area contributed by atoms with E-state index in [0.717, 1.165) is 12.1 Å². The standard InChI is InChI=1S/C20H18F3N5O3S/c1-12(2)32(30,31)16-6-7-24-11-15(16)27-19(29)13-5-8-25-18(9-13)28-17-4-3-14(10-26-17)20(21,22)23/h3-12H,1-2H3,(H,27,29)(H,25,26,28). The second-order valence-corrected chi connectivity index (χ2v) is 9.38. The molecule has 0 spiro atoms. The van der Waals surface area contributed by atoms with Crippen LogP contribution in [-0.4, -0.2) is 34.5 Å². The summed E-state index contributed by atoms with van der Waals surface area (Å²) in [7, 11) is -3.67. The third-order valence-electron chi connectivity index (χ3n) is 4.33. The number of sulfone groups is 1. The normalized spacial score (nSPS) is 11.9. The van der Waals surface area contributed by atoms with Crippen LogP contribution >= 0.6 is 0 Å².